The summed E-state index contributed by atoms with van der Waals surface area (Å²) in [6.07, 6.45) is 0. The van der Waals surface area contributed by atoms with Crippen LogP contribution in [0.15, 0.2) is 23.6 Å². The number of ether oxygens (including phenoxy) is 2. The summed E-state index contributed by atoms with van der Waals surface area (Å²) in [7, 11) is 0. The standard InChI is InChI=1S/C15H18N2O2S/c1-3-16-13-7-19-14-6-11(4-5-12(13)14)18-8-15-17-10(2)9-20-15/h4-6,9,13,16H,3,7-8H2,1-2H3. The van der Waals surface area contributed by atoms with Crippen LogP contribution < -0.4 is 14.8 Å². The van der Waals surface area contributed by atoms with E-state index in [2.05, 4.69) is 23.3 Å². The van der Waals surface area contributed by atoms with Crippen molar-refractivity contribution in [1.82, 2.24) is 10.3 Å². The number of nitrogens with one attached hydrogen (secondary N) is 1. The van der Waals surface area contributed by atoms with Crippen LogP contribution in [0.4, 0.5) is 0 Å². The number of fused-ring (bicyclic) bond motifs is 1. The van der Waals surface area contributed by atoms with Gasteiger partial charge in [-0.1, -0.05) is 6.92 Å². The minimum Gasteiger partial charge on any atom is -0.491 e. The highest BCUT2D eigenvalue weighted by Gasteiger charge is 2.23. The van der Waals surface area contributed by atoms with Crippen LogP contribution in [0.2, 0.25) is 0 Å². The number of nitrogens with zero attached hydrogens (tertiary/aromatic N) is 1. The van der Waals surface area contributed by atoms with Crippen molar-refractivity contribution < 1.29 is 9.47 Å². The second kappa shape index (κ2) is 5.81. The molecule has 1 aliphatic heterocycles. The molecule has 106 valence electrons. The minimum absolute atomic E-state index is 0.297. The van der Waals surface area contributed by atoms with Crippen molar-refractivity contribution in [3.8, 4) is 11.5 Å². The molecule has 5 heteroatoms. The smallest absolute Gasteiger partial charge is 0.140 e. The van der Waals surface area contributed by atoms with Crippen molar-refractivity contribution >= 4 is 11.3 Å². The Morgan fingerprint density at radius 3 is 3.15 bits per heavy atom. The first-order chi connectivity index (χ1) is 9.76. The molecule has 1 unspecified atom stereocenters. The largest absolute Gasteiger partial charge is 0.491 e. The molecule has 0 radical (unpaired) electrons. The van der Waals surface area contributed by atoms with Crippen molar-refractivity contribution in [3.05, 3.63) is 39.8 Å². The lowest BCUT2D eigenvalue weighted by Gasteiger charge is -2.09. The summed E-state index contributed by atoms with van der Waals surface area (Å²) in [4.78, 5) is 4.39. The second-order valence-corrected chi connectivity index (χ2v) is 5.73. The highest BCUT2D eigenvalue weighted by atomic mass is 32.1. The third kappa shape index (κ3) is 2.78. The van der Waals surface area contributed by atoms with Crippen LogP contribution in [0.3, 0.4) is 0 Å². The van der Waals surface area contributed by atoms with E-state index in [1.807, 2.05) is 24.4 Å². The van der Waals surface area contributed by atoms with Gasteiger partial charge in [0.05, 0.1) is 6.04 Å². The molecular weight excluding hydrogens is 272 g/mol. The summed E-state index contributed by atoms with van der Waals surface area (Å²) in [6, 6.07) is 6.34. The lowest BCUT2D eigenvalue weighted by Crippen LogP contribution is -2.21. The van der Waals surface area contributed by atoms with E-state index in [9.17, 15) is 0 Å². The number of hydrogen-bond acceptors (Lipinski definition) is 5. The zero-order chi connectivity index (χ0) is 13.9. The lowest BCUT2D eigenvalue weighted by molar-refractivity contribution is 0.297. The summed E-state index contributed by atoms with van der Waals surface area (Å²) in [5, 5.41) is 6.43. The molecule has 1 aliphatic rings. The van der Waals surface area contributed by atoms with Crippen LogP contribution in [0.5, 0.6) is 11.5 Å². The maximum atomic E-state index is 5.77. The molecule has 1 atom stereocenters. The van der Waals surface area contributed by atoms with Crippen molar-refractivity contribution in [3.63, 3.8) is 0 Å². The zero-order valence-corrected chi connectivity index (χ0v) is 12.5. The number of benzene rings is 1. The molecule has 20 heavy (non-hydrogen) atoms. The molecule has 2 heterocycles. The van der Waals surface area contributed by atoms with Gasteiger partial charge < -0.3 is 14.8 Å². The van der Waals surface area contributed by atoms with Crippen LogP contribution in [-0.4, -0.2) is 18.1 Å². The molecule has 3 rings (SSSR count). The first-order valence-corrected chi connectivity index (χ1v) is 7.68. The summed E-state index contributed by atoms with van der Waals surface area (Å²) in [5.74, 6) is 1.75. The molecule has 4 nitrogen and oxygen atoms in total. The fraction of sp³-hybridized carbons (Fsp3) is 0.400. The summed E-state index contributed by atoms with van der Waals surface area (Å²) < 4.78 is 11.5. The molecule has 0 bridgehead atoms. The number of aromatic nitrogens is 1. The fourth-order valence-corrected chi connectivity index (χ4v) is 2.99. The molecule has 0 fully saturated rings. The highest BCUT2D eigenvalue weighted by molar-refractivity contribution is 7.09. The van der Waals surface area contributed by atoms with Crippen molar-refractivity contribution in [2.45, 2.75) is 26.5 Å². The third-order valence-electron chi connectivity index (χ3n) is 3.25. The number of hydrogen-bond donors (Lipinski definition) is 1. The SMILES string of the molecule is CCNC1COc2cc(OCc3nc(C)cs3)ccc21. The van der Waals surface area contributed by atoms with Gasteiger partial charge in [-0.15, -0.1) is 11.3 Å². The van der Waals surface area contributed by atoms with Crippen LogP contribution in [-0.2, 0) is 6.61 Å². The molecule has 0 saturated carbocycles. The van der Waals surface area contributed by atoms with E-state index in [1.54, 1.807) is 11.3 Å². The molecule has 0 spiro atoms. The molecular formula is C15H18N2O2S. The Labute approximate surface area is 122 Å². The average Bonchev–Trinajstić information content (AvgIpc) is 3.04. The van der Waals surface area contributed by atoms with Gasteiger partial charge in [-0.05, 0) is 25.6 Å². The molecule has 2 aromatic rings. The Hall–Kier alpha value is -1.59. The minimum atomic E-state index is 0.297. The topological polar surface area (TPSA) is 43.4 Å². The Bertz CT molecular complexity index is 597. The van der Waals surface area contributed by atoms with E-state index in [0.717, 1.165) is 28.7 Å². The first kappa shape index (κ1) is 13.4. The third-order valence-corrected chi connectivity index (χ3v) is 4.19. The van der Waals surface area contributed by atoms with Crippen molar-refractivity contribution in [1.29, 1.82) is 0 Å². The first-order valence-electron chi connectivity index (χ1n) is 6.80. The molecule has 1 aromatic heterocycles. The number of likely N-dealkylation sites (N-methyl/N-ethyl adjacent to an activating group) is 1. The summed E-state index contributed by atoms with van der Waals surface area (Å²) >= 11 is 1.62. The van der Waals surface area contributed by atoms with Crippen LogP contribution >= 0.6 is 11.3 Å². The molecule has 1 aromatic carbocycles. The monoisotopic (exact) mass is 290 g/mol. The van der Waals surface area contributed by atoms with Gasteiger partial charge in [-0.3, -0.25) is 0 Å². The van der Waals surface area contributed by atoms with Crippen LogP contribution in [0, 0.1) is 6.92 Å². The summed E-state index contributed by atoms with van der Waals surface area (Å²) in [6.45, 7) is 6.23. The van der Waals surface area contributed by atoms with Gasteiger partial charge in [0.2, 0.25) is 0 Å². The van der Waals surface area contributed by atoms with Gasteiger partial charge in [0.25, 0.3) is 0 Å². The fourth-order valence-electron chi connectivity index (χ4n) is 2.31. The second-order valence-electron chi connectivity index (χ2n) is 4.79. The maximum absolute atomic E-state index is 5.77. The van der Waals surface area contributed by atoms with Gasteiger partial charge in [0.1, 0.15) is 29.7 Å². The maximum Gasteiger partial charge on any atom is 0.140 e. The Morgan fingerprint density at radius 1 is 1.50 bits per heavy atom. The number of thiazole rings is 1. The van der Waals surface area contributed by atoms with E-state index >= 15 is 0 Å². The van der Waals surface area contributed by atoms with E-state index in [-0.39, 0.29) is 0 Å². The predicted molar refractivity (Wildman–Crippen MR) is 79.5 cm³/mol. The predicted octanol–water partition coefficient (Wildman–Crippen LogP) is 3.07. The number of rotatable bonds is 5. The lowest BCUT2D eigenvalue weighted by atomic mass is 10.1. The Morgan fingerprint density at radius 2 is 2.40 bits per heavy atom. The normalized spacial score (nSPS) is 16.8. The van der Waals surface area contributed by atoms with Crippen LogP contribution in [0.1, 0.15) is 29.2 Å². The molecule has 1 N–H and O–H groups in total. The van der Waals surface area contributed by atoms with Gasteiger partial charge in [-0.2, -0.15) is 0 Å². The van der Waals surface area contributed by atoms with Gasteiger partial charge in [-0.25, -0.2) is 4.98 Å². The molecule has 0 saturated heterocycles. The Balaban J connectivity index is 1.67. The van der Waals surface area contributed by atoms with E-state index in [4.69, 9.17) is 9.47 Å². The molecule has 0 amide bonds. The van der Waals surface area contributed by atoms with Crippen molar-refractivity contribution in [2.75, 3.05) is 13.2 Å². The van der Waals surface area contributed by atoms with E-state index < -0.39 is 0 Å². The van der Waals surface area contributed by atoms with Gasteiger partial charge in [0, 0.05) is 22.7 Å². The molecule has 0 aliphatic carbocycles. The summed E-state index contributed by atoms with van der Waals surface area (Å²) in [5.41, 5.74) is 2.25. The quantitative estimate of drug-likeness (QED) is 0.919. The highest BCUT2D eigenvalue weighted by Crippen LogP contribution is 2.35. The van der Waals surface area contributed by atoms with Crippen LogP contribution in [0.25, 0.3) is 0 Å². The zero-order valence-electron chi connectivity index (χ0n) is 11.7. The van der Waals surface area contributed by atoms with E-state index in [0.29, 0.717) is 19.3 Å². The average molecular weight is 290 g/mol. The number of aryl methyl sites for hydroxylation is 1. The van der Waals surface area contributed by atoms with E-state index in [1.165, 1.54) is 5.56 Å². The Kier molecular flexibility index (Phi) is 3.89. The van der Waals surface area contributed by atoms with Gasteiger partial charge >= 0.3 is 0 Å². The van der Waals surface area contributed by atoms with Gasteiger partial charge in [0.15, 0.2) is 0 Å². The van der Waals surface area contributed by atoms with Crippen molar-refractivity contribution in [2.24, 2.45) is 0 Å².